The standard InChI is InChI=1S/C10H14NO4P/c1-11-8-4-7-6-14-16(3,12)15-10(7)9(5-8)13-2/h4-5,11H,6H2,1-3H3. The summed E-state index contributed by atoms with van der Waals surface area (Å²) in [6.07, 6.45) is 0. The topological polar surface area (TPSA) is 56.8 Å². The van der Waals surface area contributed by atoms with E-state index in [0.717, 1.165) is 11.3 Å². The minimum Gasteiger partial charge on any atom is -0.493 e. The van der Waals surface area contributed by atoms with E-state index in [1.165, 1.54) is 6.66 Å². The van der Waals surface area contributed by atoms with Gasteiger partial charge in [-0.15, -0.1) is 0 Å². The number of benzene rings is 1. The monoisotopic (exact) mass is 243 g/mol. The Morgan fingerprint density at radius 2 is 2.25 bits per heavy atom. The second-order valence-corrected chi connectivity index (χ2v) is 5.54. The molecule has 6 heteroatoms. The number of methoxy groups -OCH3 is 1. The molecule has 0 aromatic heterocycles. The molecule has 1 heterocycles. The second kappa shape index (κ2) is 4.00. The van der Waals surface area contributed by atoms with Crippen LogP contribution in [0, 0.1) is 0 Å². The lowest BCUT2D eigenvalue weighted by Gasteiger charge is -2.25. The van der Waals surface area contributed by atoms with E-state index in [2.05, 4.69) is 5.32 Å². The molecule has 5 nitrogen and oxygen atoms in total. The third-order valence-corrected chi connectivity index (χ3v) is 3.46. The first-order valence-corrected chi connectivity index (χ1v) is 6.85. The van der Waals surface area contributed by atoms with Gasteiger partial charge in [0.2, 0.25) is 0 Å². The quantitative estimate of drug-likeness (QED) is 0.808. The summed E-state index contributed by atoms with van der Waals surface area (Å²) in [6, 6.07) is 3.68. The van der Waals surface area contributed by atoms with E-state index >= 15 is 0 Å². The van der Waals surface area contributed by atoms with E-state index < -0.39 is 7.60 Å². The summed E-state index contributed by atoms with van der Waals surface area (Å²) in [7, 11) is 0.383. The Labute approximate surface area is 94.2 Å². The van der Waals surface area contributed by atoms with Crippen LogP contribution in [0.3, 0.4) is 0 Å². The fraction of sp³-hybridized carbons (Fsp3) is 0.400. The van der Waals surface area contributed by atoms with E-state index in [9.17, 15) is 4.57 Å². The van der Waals surface area contributed by atoms with Crippen molar-refractivity contribution >= 4 is 13.3 Å². The van der Waals surface area contributed by atoms with E-state index in [-0.39, 0.29) is 6.61 Å². The molecule has 0 spiro atoms. The summed E-state index contributed by atoms with van der Waals surface area (Å²) in [5, 5.41) is 3.01. The Kier molecular flexibility index (Phi) is 2.82. The molecule has 88 valence electrons. The molecule has 1 N–H and O–H groups in total. The molecule has 0 fully saturated rings. The molecular weight excluding hydrogens is 229 g/mol. The Hall–Kier alpha value is -1.19. The molecule has 1 unspecified atom stereocenters. The minimum absolute atomic E-state index is 0.273. The highest BCUT2D eigenvalue weighted by molar-refractivity contribution is 7.53. The van der Waals surface area contributed by atoms with Crippen LogP contribution in [-0.4, -0.2) is 20.8 Å². The average molecular weight is 243 g/mol. The van der Waals surface area contributed by atoms with Crippen molar-refractivity contribution in [3.05, 3.63) is 17.7 Å². The van der Waals surface area contributed by atoms with Gasteiger partial charge in [-0.05, 0) is 6.07 Å². The largest absolute Gasteiger partial charge is 0.493 e. The van der Waals surface area contributed by atoms with Crippen LogP contribution in [-0.2, 0) is 15.7 Å². The average Bonchev–Trinajstić information content (AvgIpc) is 2.26. The van der Waals surface area contributed by atoms with Gasteiger partial charge >= 0.3 is 7.60 Å². The first kappa shape index (κ1) is 11.3. The molecule has 0 saturated heterocycles. The number of anilines is 1. The lowest BCUT2D eigenvalue weighted by Crippen LogP contribution is -2.08. The van der Waals surface area contributed by atoms with Crippen LogP contribution in [0.4, 0.5) is 5.69 Å². The fourth-order valence-corrected chi connectivity index (χ4v) is 2.51. The van der Waals surface area contributed by atoms with Crippen molar-refractivity contribution in [2.24, 2.45) is 0 Å². The van der Waals surface area contributed by atoms with Gasteiger partial charge in [0.1, 0.15) is 0 Å². The maximum atomic E-state index is 11.7. The van der Waals surface area contributed by atoms with Crippen LogP contribution in [0.5, 0.6) is 11.5 Å². The van der Waals surface area contributed by atoms with Crippen LogP contribution in [0.1, 0.15) is 5.56 Å². The van der Waals surface area contributed by atoms with Crippen LogP contribution < -0.4 is 14.6 Å². The van der Waals surface area contributed by atoms with Gasteiger partial charge in [0, 0.05) is 31.0 Å². The second-order valence-electron chi connectivity index (χ2n) is 3.55. The van der Waals surface area contributed by atoms with Crippen molar-refractivity contribution in [3.63, 3.8) is 0 Å². The fourth-order valence-electron chi connectivity index (χ4n) is 1.55. The first-order valence-electron chi connectivity index (χ1n) is 4.86. The lowest BCUT2D eigenvalue weighted by atomic mass is 10.1. The summed E-state index contributed by atoms with van der Waals surface area (Å²) in [5.74, 6) is 1.07. The Morgan fingerprint density at radius 3 is 2.88 bits per heavy atom. The van der Waals surface area contributed by atoms with Gasteiger partial charge in [-0.2, -0.15) is 0 Å². The molecule has 2 rings (SSSR count). The maximum absolute atomic E-state index is 11.7. The van der Waals surface area contributed by atoms with Crippen LogP contribution in [0.15, 0.2) is 12.1 Å². The van der Waals surface area contributed by atoms with Gasteiger partial charge in [0.25, 0.3) is 0 Å². The minimum atomic E-state index is -2.98. The molecule has 1 aliphatic rings. The van der Waals surface area contributed by atoms with Gasteiger partial charge < -0.3 is 14.6 Å². The highest BCUT2D eigenvalue weighted by atomic mass is 31.2. The zero-order valence-electron chi connectivity index (χ0n) is 9.44. The number of hydrogen-bond donors (Lipinski definition) is 1. The molecular formula is C10H14NO4P. The van der Waals surface area contributed by atoms with Gasteiger partial charge in [-0.1, -0.05) is 0 Å². The third-order valence-electron chi connectivity index (χ3n) is 2.35. The van der Waals surface area contributed by atoms with E-state index in [4.69, 9.17) is 13.8 Å². The molecule has 0 radical (unpaired) electrons. The Bertz CT molecular complexity index is 443. The summed E-state index contributed by atoms with van der Waals surface area (Å²) >= 11 is 0. The van der Waals surface area contributed by atoms with Crippen molar-refractivity contribution in [2.75, 3.05) is 26.1 Å². The summed E-state index contributed by atoms with van der Waals surface area (Å²) < 4.78 is 27.4. The van der Waals surface area contributed by atoms with Crippen molar-refractivity contribution in [2.45, 2.75) is 6.61 Å². The maximum Gasteiger partial charge on any atom is 0.376 e. The molecule has 0 amide bonds. The zero-order chi connectivity index (χ0) is 11.8. The van der Waals surface area contributed by atoms with E-state index in [1.807, 2.05) is 13.1 Å². The normalized spacial score (nSPS) is 23.2. The predicted molar refractivity (Wildman–Crippen MR) is 61.5 cm³/mol. The molecule has 1 atom stereocenters. The highest BCUT2D eigenvalue weighted by Crippen LogP contribution is 2.53. The first-order chi connectivity index (χ1) is 7.55. The molecule has 1 aromatic rings. The highest BCUT2D eigenvalue weighted by Gasteiger charge is 2.29. The molecule has 0 bridgehead atoms. The summed E-state index contributed by atoms with van der Waals surface area (Å²) in [5.41, 5.74) is 1.73. The lowest BCUT2D eigenvalue weighted by molar-refractivity contribution is 0.232. The Balaban J connectivity index is 2.50. The predicted octanol–water partition coefficient (Wildman–Crippen LogP) is 2.47. The van der Waals surface area contributed by atoms with Gasteiger partial charge in [0.05, 0.1) is 13.7 Å². The summed E-state index contributed by atoms with van der Waals surface area (Å²) in [4.78, 5) is 0. The molecule has 1 aromatic carbocycles. The van der Waals surface area contributed by atoms with E-state index in [0.29, 0.717) is 11.5 Å². The number of rotatable bonds is 2. The van der Waals surface area contributed by atoms with E-state index in [1.54, 1.807) is 13.2 Å². The molecule has 0 saturated carbocycles. The van der Waals surface area contributed by atoms with Crippen molar-refractivity contribution in [1.82, 2.24) is 0 Å². The number of fused-ring (bicyclic) bond motifs is 1. The summed E-state index contributed by atoms with van der Waals surface area (Å²) in [6.45, 7) is 1.72. The van der Waals surface area contributed by atoms with Crippen molar-refractivity contribution < 1.29 is 18.3 Å². The number of nitrogens with one attached hydrogen (secondary N) is 1. The van der Waals surface area contributed by atoms with Crippen LogP contribution >= 0.6 is 7.60 Å². The van der Waals surface area contributed by atoms with Crippen LogP contribution in [0.25, 0.3) is 0 Å². The number of ether oxygens (including phenoxy) is 1. The zero-order valence-corrected chi connectivity index (χ0v) is 10.3. The molecule has 16 heavy (non-hydrogen) atoms. The van der Waals surface area contributed by atoms with Gasteiger partial charge in [0.15, 0.2) is 11.5 Å². The molecule has 0 aliphatic carbocycles. The van der Waals surface area contributed by atoms with Crippen molar-refractivity contribution in [3.8, 4) is 11.5 Å². The Morgan fingerprint density at radius 1 is 1.50 bits per heavy atom. The van der Waals surface area contributed by atoms with Crippen LogP contribution in [0.2, 0.25) is 0 Å². The van der Waals surface area contributed by atoms with Crippen molar-refractivity contribution in [1.29, 1.82) is 0 Å². The third kappa shape index (κ3) is 2.01. The smallest absolute Gasteiger partial charge is 0.376 e. The number of hydrogen-bond acceptors (Lipinski definition) is 5. The molecule has 1 aliphatic heterocycles. The van der Waals surface area contributed by atoms with Gasteiger partial charge in [-0.3, -0.25) is 4.52 Å². The van der Waals surface area contributed by atoms with Gasteiger partial charge in [-0.25, -0.2) is 4.57 Å². The SMILES string of the molecule is CNc1cc2c(c(OC)c1)OP(C)(=O)OC2.